The van der Waals surface area contributed by atoms with E-state index in [-0.39, 0.29) is 11.7 Å². The summed E-state index contributed by atoms with van der Waals surface area (Å²) in [5.41, 5.74) is 0.872. The minimum absolute atomic E-state index is 0.00732. The van der Waals surface area contributed by atoms with Gasteiger partial charge >= 0.3 is 0 Å². The summed E-state index contributed by atoms with van der Waals surface area (Å²) in [6, 6.07) is 0. The fourth-order valence-electron chi connectivity index (χ4n) is 2.28. The number of ketones is 1. The first-order valence-corrected chi connectivity index (χ1v) is 8.48. The molecule has 0 aromatic heterocycles. The second-order valence-corrected chi connectivity index (χ2v) is 5.37. The van der Waals surface area contributed by atoms with Crippen LogP contribution in [0.1, 0.15) is 33.1 Å². The van der Waals surface area contributed by atoms with Gasteiger partial charge in [0.05, 0.1) is 5.92 Å². The molecule has 0 saturated carbocycles. The summed E-state index contributed by atoms with van der Waals surface area (Å²) in [6.45, 7) is 9.25. The van der Waals surface area contributed by atoms with Gasteiger partial charge in [0.2, 0.25) is 5.78 Å². The molecule has 0 bridgehead atoms. The molecule has 4 heteroatoms. The molecule has 1 fully saturated rings. The van der Waals surface area contributed by atoms with Crippen LogP contribution in [-0.4, -0.2) is 25.3 Å². The quantitative estimate of drug-likeness (QED) is 0.366. The zero-order chi connectivity index (χ0) is 16.1. The molecule has 21 heavy (non-hydrogen) atoms. The zero-order valence-corrected chi connectivity index (χ0v) is 14.2. The summed E-state index contributed by atoms with van der Waals surface area (Å²) < 4.78 is 5.35. The summed E-state index contributed by atoms with van der Waals surface area (Å²) in [7, 11) is 0. The van der Waals surface area contributed by atoms with Crippen LogP contribution in [0.2, 0.25) is 0 Å². The normalized spacial score (nSPS) is 16.4. The van der Waals surface area contributed by atoms with E-state index in [0.29, 0.717) is 5.92 Å². The van der Waals surface area contributed by atoms with E-state index in [9.17, 15) is 4.79 Å². The van der Waals surface area contributed by atoms with Crippen molar-refractivity contribution in [1.29, 1.82) is 0 Å². The summed E-state index contributed by atoms with van der Waals surface area (Å²) in [5, 5.41) is 4.76. The molecule has 0 amide bonds. The van der Waals surface area contributed by atoms with E-state index in [4.69, 9.17) is 9.88 Å². The predicted molar refractivity (Wildman–Crippen MR) is 91.8 cm³/mol. The topological polar surface area (TPSA) is 52.3 Å². The molecule has 1 atom stereocenters. The van der Waals surface area contributed by atoms with Crippen LogP contribution < -0.4 is 5.14 Å². The second kappa shape index (κ2) is 12.7. The van der Waals surface area contributed by atoms with Gasteiger partial charge in [0.15, 0.2) is 0 Å². The van der Waals surface area contributed by atoms with Gasteiger partial charge in [-0.05, 0) is 56.8 Å². The van der Waals surface area contributed by atoms with E-state index in [1.165, 1.54) is 11.9 Å². The van der Waals surface area contributed by atoms with E-state index in [0.717, 1.165) is 38.0 Å². The van der Waals surface area contributed by atoms with Gasteiger partial charge in [-0.3, -0.25) is 9.93 Å². The van der Waals surface area contributed by atoms with Gasteiger partial charge in [-0.2, -0.15) is 0 Å². The predicted octanol–water partition coefficient (Wildman–Crippen LogP) is 3.37. The first-order valence-electron chi connectivity index (χ1n) is 7.19. The number of carbonyl (C=O) groups excluding carboxylic acids is 1. The fraction of sp³-hybridized carbons (Fsp3) is 0.588. The lowest BCUT2D eigenvalue weighted by molar-refractivity contribution is -0.117. The highest BCUT2D eigenvalue weighted by Gasteiger charge is 2.24. The third-order valence-corrected chi connectivity index (χ3v) is 3.30. The number of Topliss-reactive ketones (excluding diaryl/α,β-unsaturated/α-hetero) is 1. The van der Waals surface area contributed by atoms with Crippen molar-refractivity contribution in [3.63, 3.8) is 0 Å². The highest BCUT2D eigenvalue weighted by Crippen LogP contribution is 2.27. The van der Waals surface area contributed by atoms with Gasteiger partial charge in [-0.15, -0.1) is 0 Å². The number of ether oxygens (including phenoxy) is 1. The van der Waals surface area contributed by atoms with Crippen molar-refractivity contribution in [3.8, 4) is 11.8 Å². The van der Waals surface area contributed by atoms with Crippen molar-refractivity contribution >= 4 is 17.7 Å². The first kappa shape index (κ1) is 20.0. The minimum Gasteiger partial charge on any atom is -0.381 e. The van der Waals surface area contributed by atoms with Crippen LogP contribution in [0.25, 0.3) is 0 Å². The van der Waals surface area contributed by atoms with Gasteiger partial charge in [-0.1, -0.05) is 36.6 Å². The number of hydrogen-bond acceptors (Lipinski definition) is 4. The Morgan fingerprint density at radius 1 is 1.52 bits per heavy atom. The van der Waals surface area contributed by atoms with Crippen molar-refractivity contribution in [3.05, 3.63) is 24.3 Å². The molecule has 0 aliphatic carbocycles. The van der Waals surface area contributed by atoms with Crippen LogP contribution in [0.3, 0.4) is 0 Å². The average Bonchev–Trinajstić information content (AvgIpc) is 2.47. The van der Waals surface area contributed by atoms with E-state index in [1.807, 2.05) is 25.3 Å². The number of allylic oxidation sites excluding steroid dienone is 3. The Balaban J connectivity index is 0.00000122. The Morgan fingerprint density at radius 3 is 2.57 bits per heavy atom. The standard InChI is InChI=1S/C16H22O2.CH5NS/c1-4-6-13(3)15(16(17)7-5-2)12-14-8-10-18-11-9-14;1-3-2/h4,6,14-15H,3,8-12H2,1-2H3;2H2,1H3/b6-4-;. The summed E-state index contributed by atoms with van der Waals surface area (Å²) >= 11 is 1.25. The van der Waals surface area contributed by atoms with E-state index in [2.05, 4.69) is 18.4 Å². The van der Waals surface area contributed by atoms with Crippen LogP contribution in [0, 0.1) is 23.7 Å². The molecule has 0 aromatic carbocycles. The molecule has 1 heterocycles. The lowest BCUT2D eigenvalue weighted by atomic mass is 9.83. The van der Waals surface area contributed by atoms with Crippen LogP contribution in [0.4, 0.5) is 0 Å². The first-order chi connectivity index (χ1) is 10.1. The molecule has 0 aromatic rings. The molecular formula is C17H27NO2S. The summed E-state index contributed by atoms with van der Waals surface area (Å²) in [6.07, 6.45) is 8.57. The smallest absolute Gasteiger partial charge is 0.212 e. The van der Waals surface area contributed by atoms with E-state index < -0.39 is 0 Å². The lowest BCUT2D eigenvalue weighted by Crippen LogP contribution is -2.23. The van der Waals surface area contributed by atoms with Gasteiger partial charge < -0.3 is 4.74 Å². The van der Waals surface area contributed by atoms with Crippen molar-refractivity contribution in [2.45, 2.75) is 33.1 Å². The molecule has 0 spiro atoms. The van der Waals surface area contributed by atoms with Gasteiger partial charge in [0, 0.05) is 13.2 Å². The Morgan fingerprint density at radius 2 is 2.10 bits per heavy atom. The minimum atomic E-state index is -0.156. The fourth-order valence-corrected chi connectivity index (χ4v) is 2.28. The number of nitrogens with two attached hydrogens (primary N) is 1. The summed E-state index contributed by atoms with van der Waals surface area (Å²) in [5.74, 6) is 5.74. The van der Waals surface area contributed by atoms with Gasteiger partial charge in [0.1, 0.15) is 0 Å². The van der Waals surface area contributed by atoms with Crippen molar-refractivity contribution in [1.82, 2.24) is 0 Å². The van der Waals surface area contributed by atoms with Gasteiger partial charge in [0.25, 0.3) is 0 Å². The molecule has 0 radical (unpaired) electrons. The lowest BCUT2D eigenvalue weighted by Gasteiger charge is -2.25. The molecule has 1 aliphatic rings. The maximum Gasteiger partial charge on any atom is 0.212 e. The van der Waals surface area contributed by atoms with Crippen LogP contribution >= 0.6 is 11.9 Å². The van der Waals surface area contributed by atoms with E-state index >= 15 is 0 Å². The molecule has 1 saturated heterocycles. The van der Waals surface area contributed by atoms with E-state index in [1.54, 1.807) is 6.92 Å². The Hall–Kier alpha value is -1.02. The number of carbonyl (C=O) groups is 1. The third kappa shape index (κ3) is 8.77. The molecule has 1 aliphatic heterocycles. The van der Waals surface area contributed by atoms with Crippen molar-refractivity contribution in [2.24, 2.45) is 17.0 Å². The number of hydrogen-bond donors (Lipinski definition) is 1. The highest BCUT2D eigenvalue weighted by molar-refractivity contribution is 7.96. The molecular weight excluding hydrogens is 282 g/mol. The van der Waals surface area contributed by atoms with Crippen LogP contribution in [-0.2, 0) is 9.53 Å². The van der Waals surface area contributed by atoms with Gasteiger partial charge in [-0.25, -0.2) is 0 Å². The maximum absolute atomic E-state index is 12.0. The monoisotopic (exact) mass is 309 g/mol. The Labute approximate surface area is 133 Å². The van der Waals surface area contributed by atoms with Crippen molar-refractivity contribution < 1.29 is 9.53 Å². The maximum atomic E-state index is 12.0. The van der Waals surface area contributed by atoms with Crippen LogP contribution in [0.5, 0.6) is 0 Å². The molecule has 118 valence electrons. The van der Waals surface area contributed by atoms with Crippen molar-refractivity contribution in [2.75, 3.05) is 19.5 Å². The largest absolute Gasteiger partial charge is 0.381 e. The third-order valence-electron chi connectivity index (χ3n) is 3.30. The molecule has 3 nitrogen and oxygen atoms in total. The Kier molecular flexibility index (Phi) is 12.1. The van der Waals surface area contributed by atoms with Crippen LogP contribution in [0.15, 0.2) is 24.3 Å². The SMILES string of the molecule is C=C(/C=C\C)C(CC1CCOCC1)C(=O)C#CC.CSN. The highest BCUT2D eigenvalue weighted by atomic mass is 32.2. The molecule has 1 unspecified atom stereocenters. The summed E-state index contributed by atoms with van der Waals surface area (Å²) in [4.78, 5) is 12.0. The molecule has 2 N–H and O–H groups in total. The Bertz CT molecular complexity index is 401. The zero-order valence-electron chi connectivity index (χ0n) is 13.4. The number of rotatable bonds is 5. The molecule has 1 rings (SSSR count). The second-order valence-electron chi connectivity index (χ2n) is 4.89. The average molecular weight is 309 g/mol.